The summed E-state index contributed by atoms with van der Waals surface area (Å²) in [6.45, 7) is 2.43. The second-order valence-electron chi connectivity index (χ2n) is 5.34. The first-order chi connectivity index (χ1) is 9.15. The Hall–Kier alpha value is -0.840. The van der Waals surface area contributed by atoms with E-state index in [0.717, 1.165) is 11.3 Å². The summed E-state index contributed by atoms with van der Waals surface area (Å²) >= 11 is 11.1. The zero-order valence-electron chi connectivity index (χ0n) is 10.7. The first kappa shape index (κ1) is 13.2. The zero-order valence-corrected chi connectivity index (χ0v) is 12.3. The largest absolute Gasteiger partial charge is 0.389 e. The van der Waals surface area contributed by atoms with Gasteiger partial charge in [0, 0.05) is 34.9 Å². The van der Waals surface area contributed by atoms with Crippen LogP contribution in [0.1, 0.15) is 24.8 Å². The molecule has 0 spiro atoms. The van der Waals surface area contributed by atoms with Crippen LogP contribution < -0.4 is 11.1 Å². The van der Waals surface area contributed by atoms with Crippen LogP contribution in [0, 0.1) is 0 Å². The van der Waals surface area contributed by atoms with Crippen molar-refractivity contribution in [1.82, 2.24) is 4.90 Å². The van der Waals surface area contributed by atoms with Crippen LogP contribution in [0.2, 0.25) is 5.02 Å². The highest BCUT2D eigenvalue weighted by Gasteiger charge is 2.37. The number of fused-ring (bicyclic) bond motifs is 1. The molecule has 2 atom stereocenters. The van der Waals surface area contributed by atoms with Crippen molar-refractivity contribution >= 4 is 34.5 Å². The normalized spacial score (nSPS) is 26.4. The summed E-state index contributed by atoms with van der Waals surface area (Å²) in [4.78, 5) is 2.97. The summed E-state index contributed by atoms with van der Waals surface area (Å²) in [5.74, 6) is 0. The lowest BCUT2D eigenvalue weighted by molar-refractivity contribution is 0.318. The Morgan fingerprint density at radius 1 is 1.37 bits per heavy atom. The van der Waals surface area contributed by atoms with E-state index in [1.807, 2.05) is 18.2 Å². The Balaban J connectivity index is 1.81. The van der Waals surface area contributed by atoms with E-state index in [1.165, 1.54) is 32.4 Å². The average Bonchev–Trinajstić information content (AvgIpc) is 2.96. The fourth-order valence-corrected chi connectivity index (χ4v) is 3.64. The molecule has 3 rings (SSSR count). The molecule has 1 aromatic carbocycles. The summed E-state index contributed by atoms with van der Waals surface area (Å²) in [6, 6.07) is 6.86. The minimum atomic E-state index is 0.395. The van der Waals surface area contributed by atoms with Gasteiger partial charge in [0.2, 0.25) is 0 Å². The third kappa shape index (κ3) is 2.57. The van der Waals surface area contributed by atoms with Gasteiger partial charge in [-0.25, -0.2) is 0 Å². The molecule has 5 heteroatoms. The molecule has 2 unspecified atom stereocenters. The number of hydrogen-bond donors (Lipinski definition) is 2. The van der Waals surface area contributed by atoms with Gasteiger partial charge < -0.3 is 11.1 Å². The molecule has 0 bridgehead atoms. The highest BCUT2D eigenvalue weighted by Crippen LogP contribution is 2.31. The molecule has 2 heterocycles. The van der Waals surface area contributed by atoms with E-state index < -0.39 is 0 Å². The number of nitrogens with one attached hydrogen (secondary N) is 1. The maximum absolute atomic E-state index is 6.02. The minimum Gasteiger partial charge on any atom is -0.389 e. The quantitative estimate of drug-likeness (QED) is 0.841. The first-order valence-electron chi connectivity index (χ1n) is 6.75. The van der Waals surface area contributed by atoms with E-state index >= 15 is 0 Å². The van der Waals surface area contributed by atoms with Crippen molar-refractivity contribution in [2.24, 2.45) is 5.73 Å². The van der Waals surface area contributed by atoms with E-state index in [4.69, 9.17) is 29.6 Å². The third-order valence-corrected chi connectivity index (χ3v) is 4.65. The molecular weight excluding hydrogens is 278 g/mol. The Morgan fingerprint density at radius 3 is 3.00 bits per heavy atom. The molecule has 2 aliphatic rings. The number of nitrogens with two attached hydrogens (primary N) is 1. The van der Waals surface area contributed by atoms with Crippen LogP contribution in [0.3, 0.4) is 0 Å². The lowest BCUT2D eigenvalue weighted by Gasteiger charge is -2.23. The molecule has 3 N–H and O–H groups in total. The molecule has 3 nitrogen and oxygen atoms in total. The van der Waals surface area contributed by atoms with Crippen LogP contribution in [-0.2, 0) is 0 Å². The van der Waals surface area contributed by atoms with Crippen molar-refractivity contribution in [3.05, 3.63) is 28.8 Å². The van der Waals surface area contributed by atoms with Crippen molar-refractivity contribution in [3.8, 4) is 0 Å². The number of nitrogens with zero attached hydrogens (tertiary/aromatic N) is 1. The fourth-order valence-electron chi connectivity index (χ4n) is 3.30. The van der Waals surface area contributed by atoms with Gasteiger partial charge in [-0.15, -0.1) is 0 Å². The second-order valence-corrected chi connectivity index (χ2v) is 6.22. The summed E-state index contributed by atoms with van der Waals surface area (Å²) in [5, 5.41) is 4.29. The molecule has 0 radical (unpaired) electrons. The molecule has 2 aliphatic heterocycles. The SMILES string of the molecule is NC(=S)c1cc(Cl)ccc1NC1CCN2CCCC12. The summed E-state index contributed by atoms with van der Waals surface area (Å²) in [6.07, 6.45) is 3.78. The molecular formula is C14H18ClN3S. The van der Waals surface area contributed by atoms with Gasteiger partial charge in [-0.3, -0.25) is 4.90 Å². The van der Waals surface area contributed by atoms with Gasteiger partial charge in [0.25, 0.3) is 0 Å². The van der Waals surface area contributed by atoms with Crippen molar-refractivity contribution in [3.63, 3.8) is 0 Å². The molecule has 2 saturated heterocycles. The van der Waals surface area contributed by atoms with Crippen LogP contribution in [0.5, 0.6) is 0 Å². The highest BCUT2D eigenvalue weighted by molar-refractivity contribution is 7.80. The van der Waals surface area contributed by atoms with E-state index in [2.05, 4.69) is 10.2 Å². The first-order valence-corrected chi connectivity index (χ1v) is 7.54. The fraction of sp³-hybridized carbons (Fsp3) is 0.500. The predicted octanol–water partition coefficient (Wildman–Crippen LogP) is 2.62. The smallest absolute Gasteiger partial charge is 0.106 e. The number of halogens is 1. The second kappa shape index (κ2) is 5.27. The minimum absolute atomic E-state index is 0.395. The number of thiocarbonyl (C=S) groups is 1. The summed E-state index contributed by atoms with van der Waals surface area (Å²) in [5.41, 5.74) is 7.64. The molecule has 0 aromatic heterocycles. The van der Waals surface area contributed by atoms with Crippen LogP contribution in [0.25, 0.3) is 0 Å². The van der Waals surface area contributed by atoms with Gasteiger partial charge in [0.05, 0.1) is 0 Å². The van der Waals surface area contributed by atoms with Gasteiger partial charge in [0.15, 0.2) is 0 Å². The van der Waals surface area contributed by atoms with Crippen LogP contribution >= 0.6 is 23.8 Å². The zero-order chi connectivity index (χ0) is 13.4. The van der Waals surface area contributed by atoms with E-state index in [-0.39, 0.29) is 0 Å². The lowest BCUT2D eigenvalue weighted by atomic mass is 10.1. The topological polar surface area (TPSA) is 41.3 Å². The van der Waals surface area contributed by atoms with Crippen molar-refractivity contribution in [1.29, 1.82) is 0 Å². The average molecular weight is 296 g/mol. The van der Waals surface area contributed by atoms with E-state index in [1.54, 1.807) is 0 Å². The summed E-state index contributed by atoms with van der Waals surface area (Å²) < 4.78 is 0. The van der Waals surface area contributed by atoms with Gasteiger partial charge in [-0.05, 0) is 44.0 Å². The van der Waals surface area contributed by atoms with Crippen molar-refractivity contribution in [2.45, 2.75) is 31.3 Å². The molecule has 0 saturated carbocycles. The van der Waals surface area contributed by atoms with E-state index in [9.17, 15) is 0 Å². The Bertz CT molecular complexity index is 505. The Labute approximate surface area is 124 Å². The number of rotatable bonds is 3. The van der Waals surface area contributed by atoms with Gasteiger partial charge >= 0.3 is 0 Å². The standard InChI is InChI=1S/C14H18ClN3S/c15-9-3-4-11(10(8-9)14(16)19)17-12-5-7-18-6-1-2-13(12)18/h3-4,8,12-13,17H,1-2,5-7H2,(H2,16,19). The molecule has 1 aromatic rings. The number of hydrogen-bond acceptors (Lipinski definition) is 3. The Kier molecular flexibility index (Phi) is 3.65. The highest BCUT2D eigenvalue weighted by atomic mass is 35.5. The van der Waals surface area contributed by atoms with Gasteiger partial charge in [-0.2, -0.15) is 0 Å². The van der Waals surface area contributed by atoms with Gasteiger partial charge in [-0.1, -0.05) is 23.8 Å². The van der Waals surface area contributed by atoms with Crippen molar-refractivity contribution in [2.75, 3.05) is 18.4 Å². The molecule has 0 amide bonds. The maximum Gasteiger partial charge on any atom is 0.106 e. The number of anilines is 1. The van der Waals surface area contributed by atoms with Crippen LogP contribution in [0.4, 0.5) is 5.69 Å². The molecule has 19 heavy (non-hydrogen) atoms. The molecule has 2 fully saturated rings. The molecule has 0 aliphatic carbocycles. The van der Waals surface area contributed by atoms with Crippen molar-refractivity contribution < 1.29 is 0 Å². The Morgan fingerprint density at radius 2 is 2.21 bits per heavy atom. The number of benzene rings is 1. The van der Waals surface area contributed by atoms with Crippen LogP contribution in [-0.4, -0.2) is 35.1 Å². The third-order valence-electron chi connectivity index (χ3n) is 4.19. The predicted molar refractivity (Wildman–Crippen MR) is 84.0 cm³/mol. The molecule has 102 valence electrons. The van der Waals surface area contributed by atoms with Crippen LogP contribution in [0.15, 0.2) is 18.2 Å². The maximum atomic E-state index is 6.02. The summed E-state index contributed by atoms with van der Waals surface area (Å²) in [7, 11) is 0. The van der Waals surface area contributed by atoms with Gasteiger partial charge in [0.1, 0.15) is 4.99 Å². The lowest BCUT2D eigenvalue weighted by Crippen LogP contribution is -2.34. The van der Waals surface area contributed by atoms with E-state index in [0.29, 0.717) is 22.1 Å². The monoisotopic (exact) mass is 295 g/mol.